The monoisotopic (exact) mass is 492 g/mol. The van der Waals surface area contributed by atoms with Gasteiger partial charge in [0.1, 0.15) is 11.5 Å². The van der Waals surface area contributed by atoms with Crippen LogP contribution in [0.2, 0.25) is 5.02 Å². The number of rotatable bonds is 9. The van der Waals surface area contributed by atoms with Crippen LogP contribution in [-0.2, 0) is 12.8 Å². The highest BCUT2D eigenvalue weighted by Gasteiger charge is 2.32. The molecule has 5 nitrogen and oxygen atoms in total. The Morgan fingerprint density at radius 1 is 1.00 bits per heavy atom. The first-order valence-corrected chi connectivity index (χ1v) is 12.5. The number of likely N-dealkylation sites (tertiary alicyclic amines) is 1. The molecule has 0 aromatic heterocycles. The van der Waals surface area contributed by atoms with Gasteiger partial charge in [0.2, 0.25) is 0 Å². The quantitative estimate of drug-likeness (QED) is 0.434. The Morgan fingerprint density at radius 2 is 1.69 bits per heavy atom. The second-order valence-electron chi connectivity index (χ2n) is 8.96. The molecular formula is C29H33ClN2O3. The summed E-state index contributed by atoms with van der Waals surface area (Å²) in [6.07, 6.45) is 3.49. The highest BCUT2D eigenvalue weighted by atomic mass is 35.5. The molecule has 3 aromatic carbocycles. The fourth-order valence-electron chi connectivity index (χ4n) is 4.79. The smallest absolute Gasteiger partial charge is 0.254 e. The van der Waals surface area contributed by atoms with E-state index in [2.05, 4.69) is 35.6 Å². The Morgan fingerprint density at radius 3 is 2.37 bits per heavy atom. The van der Waals surface area contributed by atoms with Crippen molar-refractivity contribution in [2.75, 3.05) is 27.3 Å². The summed E-state index contributed by atoms with van der Waals surface area (Å²) >= 11 is 6.32. The van der Waals surface area contributed by atoms with Gasteiger partial charge in [-0.15, -0.1) is 0 Å². The van der Waals surface area contributed by atoms with Crippen LogP contribution in [0.4, 0.5) is 0 Å². The minimum Gasteiger partial charge on any atom is -0.497 e. The molecule has 35 heavy (non-hydrogen) atoms. The highest BCUT2D eigenvalue weighted by Crippen LogP contribution is 2.28. The van der Waals surface area contributed by atoms with Crippen molar-refractivity contribution in [2.24, 2.45) is 0 Å². The van der Waals surface area contributed by atoms with E-state index in [1.54, 1.807) is 32.4 Å². The van der Waals surface area contributed by atoms with E-state index in [-0.39, 0.29) is 11.9 Å². The number of amides is 1. The van der Waals surface area contributed by atoms with E-state index in [1.165, 1.54) is 5.56 Å². The van der Waals surface area contributed by atoms with Gasteiger partial charge in [-0.05, 0) is 61.6 Å². The molecule has 1 saturated heterocycles. The Kier molecular flexibility index (Phi) is 8.67. The third-order valence-corrected chi connectivity index (χ3v) is 7.04. The number of methoxy groups -OCH3 is 2. The number of carbonyl (C=O) groups is 1. The number of carbonyl (C=O) groups excluding carboxylic acids is 1. The van der Waals surface area contributed by atoms with Crippen LogP contribution in [0.5, 0.6) is 11.5 Å². The zero-order valence-electron chi connectivity index (χ0n) is 20.4. The van der Waals surface area contributed by atoms with Crippen molar-refractivity contribution in [1.82, 2.24) is 10.2 Å². The van der Waals surface area contributed by atoms with Crippen molar-refractivity contribution in [1.29, 1.82) is 0 Å². The summed E-state index contributed by atoms with van der Waals surface area (Å²) in [4.78, 5) is 15.7. The van der Waals surface area contributed by atoms with Gasteiger partial charge in [-0.3, -0.25) is 4.79 Å². The molecule has 184 valence electrons. The normalized spacial score (nSPS) is 17.7. The lowest BCUT2D eigenvalue weighted by Crippen LogP contribution is -2.52. The van der Waals surface area contributed by atoms with Crippen LogP contribution in [0.15, 0.2) is 72.8 Å². The summed E-state index contributed by atoms with van der Waals surface area (Å²) in [6.45, 7) is 1.55. The van der Waals surface area contributed by atoms with Crippen molar-refractivity contribution in [3.8, 4) is 11.5 Å². The molecule has 6 heteroatoms. The summed E-state index contributed by atoms with van der Waals surface area (Å²) in [6, 6.07) is 24.2. The lowest BCUT2D eigenvalue weighted by Gasteiger charge is -2.40. The van der Waals surface area contributed by atoms with Crippen LogP contribution in [0, 0.1) is 0 Å². The predicted molar refractivity (Wildman–Crippen MR) is 141 cm³/mol. The maximum absolute atomic E-state index is 13.7. The predicted octanol–water partition coefficient (Wildman–Crippen LogP) is 5.41. The summed E-state index contributed by atoms with van der Waals surface area (Å²) < 4.78 is 10.8. The van der Waals surface area contributed by atoms with Crippen LogP contribution >= 0.6 is 11.6 Å². The Bertz CT molecular complexity index is 1100. The molecule has 0 radical (unpaired) electrons. The molecule has 0 aliphatic carbocycles. The van der Waals surface area contributed by atoms with E-state index >= 15 is 0 Å². The number of hydrogen-bond acceptors (Lipinski definition) is 4. The average Bonchev–Trinajstić information content (AvgIpc) is 2.90. The van der Waals surface area contributed by atoms with Crippen molar-refractivity contribution < 1.29 is 14.3 Å². The van der Waals surface area contributed by atoms with E-state index in [0.29, 0.717) is 29.6 Å². The Labute approximate surface area is 213 Å². The van der Waals surface area contributed by atoms with Gasteiger partial charge < -0.3 is 19.7 Å². The zero-order valence-corrected chi connectivity index (χ0v) is 21.1. The zero-order chi connectivity index (χ0) is 24.6. The molecule has 2 atom stereocenters. The molecular weight excluding hydrogens is 460 g/mol. The van der Waals surface area contributed by atoms with Crippen molar-refractivity contribution in [3.05, 3.63) is 94.5 Å². The van der Waals surface area contributed by atoms with E-state index in [9.17, 15) is 4.79 Å². The maximum atomic E-state index is 13.7. The fourth-order valence-corrected chi connectivity index (χ4v) is 5.02. The molecule has 1 heterocycles. The number of nitrogens with zero attached hydrogens (tertiary/aromatic N) is 1. The van der Waals surface area contributed by atoms with Gasteiger partial charge in [0.15, 0.2) is 0 Å². The molecule has 1 fully saturated rings. The van der Waals surface area contributed by atoms with Gasteiger partial charge in [-0.2, -0.15) is 0 Å². The van der Waals surface area contributed by atoms with Crippen LogP contribution in [0.1, 0.15) is 34.3 Å². The number of hydrogen-bond donors (Lipinski definition) is 1. The molecule has 0 bridgehead atoms. The van der Waals surface area contributed by atoms with E-state index < -0.39 is 0 Å². The van der Waals surface area contributed by atoms with Crippen LogP contribution in [0.25, 0.3) is 0 Å². The second kappa shape index (κ2) is 12.1. The molecule has 0 spiro atoms. The first kappa shape index (κ1) is 25.1. The third kappa shape index (κ3) is 6.56. The number of benzene rings is 3. The molecule has 4 rings (SSSR count). The van der Waals surface area contributed by atoms with Gasteiger partial charge in [-0.1, -0.05) is 60.1 Å². The van der Waals surface area contributed by atoms with E-state index in [1.807, 2.05) is 29.2 Å². The highest BCUT2D eigenvalue weighted by molar-refractivity contribution is 6.31. The van der Waals surface area contributed by atoms with Crippen LogP contribution in [-0.4, -0.2) is 50.2 Å². The molecule has 0 saturated carbocycles. The van der Waals surface area contributed by atoms with E-state index in [0.717, 1.165) is 42.8 Å². The molecule has 1 aliphatic heterocycles. The SMILES string of the molecule is COc1cc(OC)cc(C(=O)N2CC[C@H](NCCc3ccccc3Cl)C[C@H]2Cc2ccccc2)c1. The number of piperidine rings is 1. The lowest BCUT2D eigenvalue weighted by atomic mass is 9.91. The minimum atomic E-state index is 0.0117. The second-order valence-corrected chi connectivity index (χ2v) is 9.37. The topological polar surface area (TPSA) is 50.8 Å². The summed E-state index contributed by atoms with van der Waals surface area (Å²) in [5.74, 6) is 1.24. The largest absolute Gasteiger partial charge is 0.497 e. The molecule has 1 aliphatic rings. The van der Waals surface area contributed by atoms with Gasteiger partial charge in [-0.25, -0.2) is 0 Å². The van der Waals surface area contributed by atoms with Gasteiger partial charge in [0.25, 0.3) is 5.91 Å². The third-order valence-electron chi connectivity index (χ3n) is 6.67. The Hall–Kier alpha value is -3.02. The summed E-state index contributed by atoms with van der Waals surface area (Å²) in [7, 11) is 3.20. The molecule has 1 amide bonds. The molecule has 3 aromatic rings. The van der Waals surface area contributed by atoms with Crippen molar-refractivity contribution >= 4 is 17.5 Å². The maximum Gasteiger partial charge on any atom is 0.254 e. The van der Waals surface area contributed by atoms with Gasteiger partial charge in [0, 0.05) is 35.3 Å². The van der Waals surface area contributed by atoms with Gasteiger partial charge in [0.05, 0.1) is 14.2 Å². The average molecular weight is 493 g/mol. The summed E-state index contributed by atoms with van der Waals surface area (Å²) in [5, 5.41) is 4.52. The number of nitrogens with one attached hydrogen (secondary N) is 1. The fraction of sp³-hybridized carbons (Fsp3) is 0.345. The number of halogens is 1. The van der Waals surface area contributed by atoms with Crippen LogP contribution in [0.3, 0.4) is 0 Å². The standard InChI is InChI=1S/C29H33ClN2O3/c1-34-26-17-23(18-27(20-26)35-2)29(33)32-15-13-24(19-25(32)16-21-8-4-3-5-9-21)31-14-12-22-10-6-7-11-28(22)30/h3-11,17-18,20,24-25,31H,12-16,19H2,1-2H3/t24-,25+/m0/s1. The molecule has 1 N–H and O–H groups in total. The number of ether oxygens (including phenoxy) is 2. The first-order chi connectivity index (χ1) is 17.1. The van der Waals surface area contributed by atoms with Crippen molar-refractivity contribution in [3.63, 3.8) is 0 Å². The lowest BCUT2D eigenvalue weighted by molar-refractivity contribution is 0.0577. The van der Waals surface area contributed by atoms with Crippen LogP contribution < -0.4 is 14.8 Å². The van der Waals surface area contributed by atoms with Gasteiger partial charge >= 0.3 is 0 Å². The minimum absolute atomic E-state index is 0.0117. The van der Waals surface area contributed by atoms with Crippen molar-refractivity contribution in [2.45, 2.75) is 37.8 Å². The first-order valence-electron chi connectivity index (χ1n) is 12.1. The molecule has 0 unspecified atom stereocenters. The summed E-state index contributed by atoms with van der Waals surface area (Å²) in [5.41, 5.74) is 2.97. The Balaban J connectivity index is 1.48. The van der Waals surface area contributed by atoms with E-state index in [4.69, 9.17) is 21.1 Å².